The van der Waals surface area contributed by atoms with Crippen LogP contribution in [0.4, 0.5) is 5.95 Å². The van der Waals surface area contributed by atoms with Gasteiger partial charge in [-0.15, -0.1) is 0 Å². The van der Waals surface area contributed by atoms with Crippen molar-refractivity contribution in [1.82, 2.24) is 19.4 Å². The average Bonchev–Trinajstić information content (AvgIpc) is 3.24. The lowest BCUT2D eigenvalue weighted by Gasteiger charge is -2.32. The van der Waals surface area contributed by atoms with Gasteiger partial charge in [0.25, 0.3) is 0 Å². The van der Waals surface area contributed by atoms with Crippen LogP contribution in [0.15, 0.2) is 66.9 Å². The van der Waals surface area contributed by atoms with E-state index in [2.05, 4.69) is 63.1 Å². The van der Waals surface area contributed by atoms with E-state index in [9.17, 15) is 5.11 Å². The zero-order valence-electron chi connectivity index (χ0n) is 21.3. The number of aliphatic hydroxyl groups excluding tert-OH is 1. The number of imidazole rings is 1. The summed E-state index contributed by atoms with van der Waals surface area (Å²) in [5.41, 5.74) is 5.32. The Morgan fingerprint density at radius 1 is 1.00 bits per heavy atom. The second-order valence-electron chi connectivity index (χ2n) is 9.41. The maximum absolute atomic E-state index is 9.41. The minimum Gasteiger partial charge on any atom is -0.506 e. The van der Waals surface area contributed by atoms with E-state index in [0.717, 1.165) is 73.7 Å². The van der Waals surface area contributed by atoms with E-state index in [1.165, 1.54) is 11.8 Å². The predicted octanol–water partition coefficient (Wildman–Crippen LogP) is 5.11. The van der Waals surface area contributed by atoms with Crippen LogP contribution in [0.3, 0.4) is 0 Å². The molecule has 1 aliphatic rings. The standard InChI is InChI=1S/C23H30N4O.C6H7NO/c1-2-12-27-22-9-8-19(17-28)15-21(22)25-23(27)24-20-10-13-26(14-11-20)16-18-6-4-3-5-7-18;1-5-2-3-6(8)4-7-5/h3-9,15,20,28H,2,10-14,16-17H2,1H3,(H,24,25);2-4,8H,1H3. The molecule has 0 amide bonds. The zero-order valence-corrected chi connectivity index (χ0v) is 21.3. The van der Waals surface area contributed by atoms with Gasteiger partial charge in [0.2, 0.25) is 5.95 Å². The quantitative estimate of drug-likeness (QED) is 0.336. The lowest BCUT2D eigenvalue weighted by atomic mass is 10.0. The molecule has 7 heteroatoms. The molecule has 7 nitrogen and oxygen atoms in total. The normalized spacial score (nSPS) is 14.4. The number of nitrogens with one attached hydrogen (secondary N) is 1. The van der Waals surface area contributed by atoms with E-state index in [1.54, 1.807) is 12.1 Å². The van der Waals surface area contributed by atoms with E-state index < -0.39 is 0 Å². The number of hydrogen-bond acceptors (Lipinski definition) is 6. The number of aliphatic hydroxyl groups is 1. The number of nitrogens with zero attached hydrogens (tertiary/aromatic N) is 4. The summed E-state index contributed by atoms with van der Waals surface area (Å²) in [4.78, 5) is 11.2. The lowest BCUT2D eigenvalue weighted by molar-refractivity contribution is 0.211. The van der Waals surface area contributed by atoms with Gasteiger partial charge in [0, 0.05) is 37.9 Å². The van der Waals surface area contributed by atoms with Crippen LogP contribution in [0, 0.1) is 6.92 Å². The van der Waals surface area contributed by atoms with Gasteiger partial charge in [-0.2, -0.15) is 0 Å². The topological polar surface area (TPSA) is 86.4 Å². The SMILES string of the molecule is CCCn1c(NC2CCN(Cc3ccccc3)CC2)nc2cc(CO)ccc21.Cc1ccc(O)cn1. The fraction of sp³-hybridized carbons (Fsp3) is 0.379. The van der Waals surface area contributed by atoms with Crippen molar-refractivity contribution in [3.8, 4) is 5.75 Å². The molecule has 190 valence electrons. The summed E-state index contributed by atoms with van der Waals surface area (Å²) >= 11 is 0. The van der Waals surface area contributed by atoms with Gasteiger partial charge < -0.3 is 20.1 Å². The Bertz CT molecular complexity index is 1190. The van der Waals surface area contributed by atoms with Crippen molar-refractivity contribution in [3.05, 3.63) is 83.7 Å². The average molecular weight is 488 g/mol. The van der Waals surface area contributed by atoms with Crippen LogP contribution in [-0.2, 0) is 19.7 Å². The number of likely N-dealkylation sites (tertiary alicyclic amines) is 1. The van der Waals surface area contributed by atoms with Crippen LogP contribution in [0.25, 0.3) is 11.0 Å². The number of rotatable bonds is 7. The first-order valence-electron chi connectivity index (χ1n) is 12.8. The summed E-state index contributed by atoms with van der Waals surface area (Å²) in [6.45, 7) is 8.32. The van der Waals surface area contributed by atoms with Gasteiger partial charge in [-0.05, 0) is 61.6 Å². The molecule has 1 saturated heterocycles. The van der Waals surface area contributed by atoms with Gasteiger partial charge in [-0.1, -0.05) is 43.3 Å². The highest BCUT2D eigenvalue weighted by Crippen LogP contribution is 2.24. The number of aromatic hydroxyl groups is 1. The molecule has 2 aromatic heterocycles. The monoisotopic (exact) mass is 487 g/mol. The van der Waals surface area contributed by atoms with Crippen LogP contribution in [-0.4, -0.2) is 48.8 Å². The summed E-state index contributed by atoms with van der Waals surface area (Å²) in [7, 11) is 0. The molecular weight excluding hydrogens is 450 g/mol. The van der Waals surface area contributed by atoms with Crippen LogP contribution in [0.2, 0.25) is 0 Å². The Morgan fingerprint density at radius 2 is 1.78 bits per heavy atom. The summed E-state index contributed by atoms with van der Waals surface area (Å²) in [5, 5.41) is 21.8. The van der Waals surface area contributed by atoms with Gasteiger partial charge in [0.05, 0.1) is 23.8 Å². The first-order valence-corrected chi connectivity index (χ1v) is 12.8. The Kier molecular flexibility index (Phi) is 8.92. The van der Waals surface area contributed by atoms with Gasteiger partial charge in [-0.25, -0.2) is 4.98 Å². The number of aromatic nitrogens is 3. The third kappa shape index (κ3) is 6.83. The molecule has 0 spiro atoms. The molecule has 0 unspecified atom stereocenters. The molecule has 36 heavy (non-hydrogen) atoms. The highest BCUT2D eigenvalue weighted by molar-refractivity contribution is 5.79. The molecule has 0 atom stereocenters. The number of anilines is 1. The van der Waals surface area contributed by atoms with Crippen LogP contribution < -0.4 is 5.32 Å². The zero-order chi connectivity index (χ0) is 25.3. The third-order valence-corrected chi connectivity index (χ3v) is 6.51. The number of hydrogen-bond donors (Lipinski definition) is 3. The minimum absolute atomic E-state index is 0.0548. The van der Waals surface area contributed by atoms with E-state index in [1.807, 2.05) is 19.1 Å². The van der Waals surface area contributed by atoms with Crippen molar-refractivity contribution in [3.63, 3.8) is 0 Å². The Balaban J connectivity index is 0.000000325. The lowest BCUT2D eigenvalue weighted by Crippen LogP contribution is -2.39. The molecule has 1 fully saturated rings. The summed E-state index contributed by atoms with van der Waals surface area (Å²) < 4.78 is 2.28. The maximum Gasteiger partial charge on any atom is 0.204 e. The van der Waals surface area contributed by atoms with E-state index in [0.29, 0.717) is 6.04 Å². The molecule has 3 heterocycles. The molecule has 3 N–H and O–H groups in total. The first kappa shape index (κ1) is 25.7. The highest BCUT2D eigenvalue weighted by atomic mass is 16.3. The van der Waals surface area contributed by atoms with Crippen LogP contribution in [0.5, 0.6) is 5.75 Å². The number of aryl methyl sites for hydroxylation is 2. The molecule has 1 aliphatic heterocycles. The van der Waals surface area contributed by atoms with Crippen molar-refractivity contribution >= 4 is 17.0 Å². The number of benzene rings is 2. The third-order valence-electron chi connectivity index (χ3n) is 6.51. The predicted molar refractivity (Wildman–Crippen MR) is 145 cm³/mol. The number of piperidine rings is 1. The van der Waals surface area contributed by atoms with Crippen molar-refractivity contribution in [2.45, 2.75) is 58.8 Å². The number of pyridine rings is 1. The van der Waals surface area contributed by atoms with Gasteiger partial charge in [0.15, 0.2) is 0 Å². The van der Waals surface area contributed by atoms with Gasteiger partial charge >= 0.3 is 0 Å². The summed E-state index contributed by atoms with van der Waals surface area (Å²) in [6.07, 6.45) is 4.75. The fourth-order valence-electron chi connectivity index (χ4n) is 4.55. The Labute approximate surface area is 213 Å². The molecule has 4 aromatic rings. The van der Waals surface area contributed by atoms with Crippen molar-refractivity contribution in [1.29, 1.82) is 0 Å². The van der Waals surface area contributed by atoms with E-state index >= 15 is 0 Å². The molecule has 0 radical (unpaired) electrons. The summed E-state index contributed by atoms with van der Waals surface area (Å²) in [6, 6.07) is 20.6. The highest BCUT2D eigenvalue weighted by Gasteiger charge is 2.21. The number of fused-ring (bicyclic) bond motifs is 1. The smallest absolute Gasteiger partial charge is 0.204 e. The largest absolute Gasteiger partial charge is 0.506 e. The van der Waals surface area contributed by atoms with Gasteiger partial charge in [0.1, 0.15) is 5.75 Å². The van der Waals surface area contributed by atoms with E-state index in [-0.39, 0.29) is 12.4 Å². The van der Waals surface area contributed by atoms with Crippen molar-refractivity contribution in [2.75, 3.05) is 18.4 Å². The van der Waals surface area contributed by atoms with E-state index in [4.69, 9.17) is 10.1 Å². The second kappa shape index (κ2) is 12.5. The summed E-state index contributed by atoms with van der Waals surface area (Å²) in [5.74, 6) is 1.18. The Morgan fingerprint density at radius 3 is 2.42 bits per heavy atom. The van der Waals surface area contributed by atoms with Crippen molar-refractivity contribution < 1.29 is 10.2 Å². The molecule has 5 rings (SSSR count). The maximum atomic E-state index is 9.41. The van der Waals surface area contributed by atoms with Crippen molar-refractivity contribution in [2.24, 2.45) is 0 Å². The first-order chi connectivity index (χ1) is 17.6. The minimum atomic E-state index is 0.0548. The molecule has 0 aliphatic carbocycles. The fourth-order valence-corrected chi connectivity index (χ4v) is 4.55. The Hall–Kier alpha value is -3.42. The molecule has 2 aromatic carbocycles. The van der Waals surface area contributed by atoms with Crippen LogP contribution >= 0.6 is 0 Å². The molecule has 0 bridgehead atoms. The molecule has 0 saturated carbocycles. The van der Waals surface area contributed by atoms with Crippen LogP contribution in [0.1, 0.15) is 43.0 Å². The second-order valence-corrected chi connectivity index (χ2v) is 9.41. The molecular formula is C29H37N5O2. The van der Waals surface area contributed by atoms with Gasteiger partial charge in [-0.3, -0.25) is 9.88 Å².